The Morgan fingerprint density at radius 1 is 1.50 bits per heavy atom. The fraction of sp³-hybridized carbons (Fsp3) is 0.200. The molecule has 0 unspecified atom stereocenters. The van der Waals surface area contributed by atoms with Crippen molar-refractivity contribution in [3.63, 3.8) is 0 Å². The lowest BCUT2D eigenvalue weighted by atomic mass is 10.2. The molecule has 0 aromatic carbocycles. The highest BCUT2D eigenvalue weighted by Crippen LogP contribution is 2.11. The zero-order chi connectivity index (χ0) is 13.0. The normalized spacial score (nSPS) is 10.3. The van der Waals surface area contributed by atoms with E-state index in [-0.39, 0.29) is 16.9 Å². The van der Waals surface area contributed by atoms with Gasteiger partial charge in [-0.2, -0.15) is 4.98 Å². The van der Waals surface area contributed by atoms with Crippen molar-refractivity contribution in [1.82, 2.24) is 20.4 Å². The maximum Gasteiger partial charge on any atom is 0.251 e. The Morgan fingerprint density at radius 3 is 3.00 bits per heavy atom. The Balaban J connectivity index is 1.91. The van der Waals surface area contributed by atoms with Gasteiger partial charge in [0, 0.05) is 18.5 Å². The molecule has 3 N–H and O–H groups in total. The van der Waals surface area contributed by atoms with Crippen molar-refractivity contribution in [2.45, 2.75) is 6.42 Å². The molecule has 0 spiro atoms. The summed E-state index contributed by atoms with van der Waals surface area (Å²) in [5, 5.41) is 6.49. The topological polar surface area (TPSA) is 107 Å². The van der Waals surface area contributed by atoms with E-state index in [0.717, 1.165) is 0 Å². The lowest BCUT2D eigenvalue weighted by Crippen LogP contribution is -2.26. The van der Waals surface area contributed by atoms with Gasteiger partial charge in [-0.1, -0.05) is 16.8 Å². The zero-order valence-corrected chi connectivity index (χ0v) is 10.0. The SMILES string of the molecule is Nc1cc(C(=O)NCCc2ncon2)cc(Cl)n1. The number of nitrogens with two attached hydrogens (primary N) is 1. The maximum absolute atomic E-state index is 11.8. The molecule has 0 aliphatic heterocycles. The van der Waals surface area contributed by atoms with Crippen LogP contribution >= 0.6 is 11.6 Å². The molecule has 0 aliphatic rings. The lowest BCUT2D eigenvalue weighted by molar-refractivity contribution is 0.0954. The van der Waals surface area contributed by atoms with Gasteiger partial charge in [0.1, 0.15) is 11.0 Å². The van der Waals surface area contributed by atoms with Gasteiger partial charge in [0.25, 0.3) is 5.91 Å². The molecule has 18 heavy (non-hydrogen) atoms. The van der Waals surface area contributed by atoms with Crippen molar-refractivity contribution in [2.75, 3.05) is 12.3 Å². The van der Waals surface area contributed by atoms with Gasteiger partial charge in [0.2, 0.25) is 6.39 Å². The Bertz CT molecular complexity index is 523. The average Bonchev–Trinajstić information content (AvgIpc) is 2.80. The minimum absolute atomic E-state index is 0.179. The van der Waals surface area contributed by atoms with Gasteiger partial charge >= 0.3 is 0 Å². The summed E-state index contributed by atoms with van der Waals surface area (Å²) in [6, 6.07) is 2.90. The van der Waals surface area contributed by atoms with Crippen LogP contribution in [-0.2, 0) is 6.42 Å². The molecule has 0 atom stereocenters. The summed E-state index contributed by atoms with van der Waals surface area (Å²) >= 11 is 5.71. The number of halogens is 1. The van der Waals surface area contributed by atoms with Crippen LogP contribution in [0.2, 0.25) is 5.15 Å². The third-order valence-electron chi connectivity index (χ3n) is 2.12. The van der Waals surface area contributed by atoms with Crippen LogP contribution < -0.4 is 11.1 Å². The van der Waals surface area contributed by atoms with Crippen molar-refractivity contribution in [2.24, 2.45) is 0 Å². The molecule has 94 valence electrons. The number of amides is 1. The first kappa shape index (κ1) is 12.3. The van der Waals surface area contributed by atoms with E-state index in [0.29, 0.717) is 24.4 Å². The molecule has 0 fully saturated rings. The molecule has 0 bridgehead atoms. The van der Waals surface area contributed by atoms with E-state index >= 15 is 0 Å². The molecule has 7 nitrogen and oxygen atoms in total. The first-order chi connectivity index (χ1) is 8.65. The van der Waals surface area contributed by atoms with Crippen molar-refractivity contribution < 1.29 is 9.32 Å². The van der Waals surface area contributed by atoms with Crippen LogP contribution in [0.5, 0.6) is 0 Å². The van der Waals surface area contributed by atoms with E-state index in [1.165, 1.54) is 18.5 Å². The van der Waals surface area contributed by atoms with Gasteiger partial charge in [-0.15, -0.1) is 0 Å². The van der Waals surface area contributed by atoms with E-state index in [1.807, 2.05) is 0 Å². The number of nitrogen functional groups attached to an aromatic ring is 1. The minimum atomic E-state index is -0.283. The lowest BCUT2D eigenvalue weighted by Gasteiger charge is -2.04. The molecule has 0 radical (unpaired) electrons. The molecule has 8 heteroatoms. The van der Waals surface area contributed by atoms with Gasteiger partial charge in [-0.05, 0) is 12.1 Å². The molecule has 2 aromatic heterocycles. The molecule has 0 saturated heterocycles. The molecule has 2 heterocycles. The van der Waals surface area contributed by atoms with Gasteiger partial charge < -0.3 is 15.6 Å². The van der Waals surface area contributed by atoms with Crippen LogP contribution in [0.4, 0.5) is 5.82 Å². The molecule has 0 saturated carbocycles. The van der Waals surface area contributed by atoms with Gasteiger partial charge in [-0.25, -0.2) is 4.98 Å². The fourth-order valence-corrected chi connectivity index (χ4v) is 1.56. The van der Waals surface area contributed by atoms with Crippen LogP contribution in [0.1, 0.15) is 16.2 Å². The number of nitrogens with one attached hydrogen (secondary N) is 1. The quantitative estimate of drug-likeness (QED) is 0.789. The van der Waals surface area contributed by atoms with Gasteiger partial charge in [0.15, 0.2) is 5.82 Å². The molecule has 1 amide bonds. The van der Waals surface area contributed by atoms with Crippen LogP contribution in [0.25, 0.3) is 0 Å². The highest BCUT2D eigenvalue weighted by Gasteiger charge is 2.08. The Labute approximate surface area is 107 Å². The van der Waals surface area contributed by atoms with Crippen LogP contribution in [0.3, 0.4) is 0 Å². The minimum Gasteiger partial charge on any atom is -0.384 e. The largest absolute Gasteiger partial charge is 0.384 e. The number of hydrogen-bond acceptors (Lipinski definition) is 6. The Morgan fingerprint density at radius 2 is 2.33 bits per heavy atom. The summed E-state index contributed by atoms with van der Waals surface area (Å²) in [5.74, 6) is 0.447. The standard InChI is InChI=1S/C10H10ClN5O2/c11-7-3-6(4-8(12)15-7)10(17)13-2-1-9-14-5-18-16-9/h3-5H,1-2H2,(H2,12,15)(H,13,17). The summed E-state index contributed by atoms with van der Waals surface area (Å²) in [7, 11) is 0. The molecular weight excluding hydrogens is 258 g/mol. The third kappa shape index (κ3) is 3.17. The van der Waals surface area contributed by atoms with Crippen molar-refractivity contribution in [3.05, 3.63) is 35.1 Å². The van der Waals surface area contributed by atoms with Gasteiger partial charge in [0.05, 0.1) is 0 Å². The molecular formula is C10H10ClN5O2. The number of hydrogen-bond donors (Lipinski definition) is 2. The fourth-order valence-electron chi connectivity index (χ4n) is 1.34. The number of anilines is 1. The van der Waals surface area contributed by atoms with Crippen molar-refractivity contribution in [3.8, 4) is 0 Å². The first-order valence-electron chi connectivity index (χ1n) is 5.11. The smallest absolute Gasteiger partial charge is 0.251 e. The summed E-state index contributed by atoms with van der Waals surface area (Å²) in [6.07, 6.45) is 1.72. The van der Waals surface area contributed by atoms with Crippen LogP contribution in [0, 0.1) is 0 Å². The van der Waals surface area contributed by atoms with E-state index in [2.05, 4.69) is 25.0 Å². The number of nitrogens with zero attached hydrogens (tertiary/aromatic N) is 3. The van der Waals surface area contributed by atoms with E-state index in [9.17, 15) is 4.79 Å². The molecule has 2 rings (SSSR count). The maximum atomic E-state index is 11.8. The number of aromatic nitrogens is 3. The predicted octanol–water partition coefficient (Wildman–Crippen LogP) is 0.673. The van der Waals surface area contributed by atoms with Crippen molar-refractivity contribution in [1.29, 1.82) is 0 Å². The third-order valence-corrected chi connectivity index (χ3v) is 2.31. The number of carbonyl (C=O) groups is 1. The van der Waals surface area contributed by atoms with Crippen molar-refractivity contribution >= 4 is 23.3 Å². The highest BCUT2D eigenvalue weighted by atomic mass is 35.5. The second-order valence-electron chi connectivity index (χ2n) is 3.46. The van der Waals surface area contributed by atoms with E-state index in [4.69, 9.17) is 17.3 Å². The summed E-state index contributed by atoms with van der Waals surface area (Å²) < 4.78 is 4.57. The first-order valence-corrected chi connectivity index (χ1v) is 5.49. The summed E-state index contributed by atoms with van der Waals surface area (Å²) in [4.78, 5) is 19.4. The number of carbonyl (C=O) groups excluding carboxylic acids is 1. The number of rotatable bonds is 4. The Kier molecular flexibility index (Phi) is 3.73. The predicted molar refractivity (Wildman–Crippen MR) is 64.0 cm³/mol. The zero-order valence-electron chi connectivity index (χ0n) is 9.26. The highest BCUT2D eigenvalue weighted by molar-refractivity contribution is 6.29. The number of pyridine rings is 1. The summed E-state index contributed by atoms with van der Waals surface area (Å²) in [5.41, 5.74) is 5.86. The Hall–Kier alpha value is -2.15. The van der Waals surface area contributed by atoms with Crippen LogP contribution in [0.15, 0.2) is 23.0 Å². The average molecular weight is 268 g/mol. The van der Waals surface area contributed by atoms with Gasteiger partial charge in [-0.3, -0.25) is 4.79 Å². The second-order valence-corrected chi connectivity index (χ2v) is 3.84. The van der Waals surface area contributed by atoms with E-state index < -0.39 is 0 Å². The molecule has 0 aliphatic carbocycles. The monoisotopic (exact) mass is 267 g/mol. The van der Waals surface area contributed by atoms with E-state index in [1.54, 1.807) is 0 Å². The summed E-state index contributed by atoms with van der Waals surface area (Å²) in [6.45, 7) is 0.387. The van der Waals surface area contributed by atoms with Crippen LogP contribution in [-0.4, -0.2) is 27.6 Å². The molecule has 2 aromatic rings. The second kappa shape index (κ2) is 5.46.